The van der Waals surface area contributed by atoms with Gasteiger partial charge in [0.25, 0.3) is 5.91 Å². The number of halogens is 1. The number of Topliss-reactive ketones (excluding diaryl/α,β-unsaturated/α-hetero) is 1. The average molecular weight is 388 g/mol. The highest BCUT2D eigenvalue weighted by atomic mass is 79.9. The third kappa shape index (κ3) is 2.68. The number of amides is 1. The SMILES string of the molecule is CC(C)N1C(=O)[C@](O)(CC(=O)c2ccc(Br)cc2)c2ccccc21. The van der Waals surface area contributed by atoms with Crippen molar-refractivity contribution in [2.75, 3.05) is 4.90 Å². The summed E-state index contributed by atoms with van der Waals surface area (Å²) < 4.78 is 0.867. The summed E-state index contributed by atoms with van der Waals surface area (Å²) in [5, 5.41) is 11.1. The van der Waals surface area contributed by atoms with Gasteiger partial charge in [0, 0.05) is 21.6 Å². The molecule has 5 heteroatoms. The molecule has 4 nitrogen and oxygen atoms in total. The smallest absolute Gasteiger partial charge is 0.264 e. The number of benzene rings is 2. The predicted octanol–water partition coefficient (Wildman–Crippen LogP) is 3.66. The van der Waals surface area contributed by atoms with Gasteiger partial charge in [-0.3, -0.25) is 9.59 Å². The second-order valence-corrected chi connectivity index (χ2v) is 7.17. The Morgan fingerprint density at radius 3 is 2.42 bits per heavy atom. The fraction of sp³-hybridized carbons (Fsp3) is 0.263. The van der Waals surface area contributed by atoms with Crippen molar-refractivity contribution in [3.63, 3.8) is 0 Å². The Morgan fingerprint density at radius 1 is 1.17 bits per heavy atom. The van der Waals surface area contributed by atoms with Crippen LogP contribution < -0.4 is 4.90 Å². The Morgan fingerprint density at radius 2 is 1.79 bits per heavy atom. The molecule has 1 heterocycles. The third-order valence-electron chi connectivity index (χ3n) is 4.28. The monoisotopic (exact) mass is 387 g/mol. The number of fused-ring (bicyclic) bond motifs is 1. The Labute approximate surface area is 149 Å². The molecule has 0 spiro atoms. The minimum absolute atomic E-state index is 0.101. The highest BCUT2D eigenvalue weighted by Gasteiger charge is 2.51. The maximum absolute atomic E-state index is 12.9. The summed E-state index contributed by atoms with van der Waals surface area (Å²) in [6, 6.07) is 13.9. The minimum Gasteiger partial charge on any atom is -0.375 e. The fourth-order valence-corrected chi connectivity index (χ4v) is 3.38. The lowest BCUT2D eigenvalue weighted by Gasteiger charge is -2.25. The summed E-state index contributed by atoms with van der Waals surface area (Å²) in [6.45, 7) is 3.77. The molecule has 0 fully saturated rings. The zero-order valence-electron chi connectivity index (χ0n) is 13.5. The molecule has 0 radical (unpaired) electrons. The average Bonchev–Trinajstić information content (AvgIpc) is 2.76. The zero-order valence-corrected chi connectivity index (χ0v) is 15.1. The lowest BCUT2D eigenvalue weighted by atomic mass is 9.88. The number of carbonyl (C=O) groups excluding carboxylic acids is 2. The molecule has 3 rings (SSSR count). The lowest BCUT2D eigenvalue weighted by Crippen LogP contribution is -2.44. The third-order valence-corrected chi connectivity index (χ3v) is 4.81. The molecule has 0 aromatic heterocycles. The van der Waals surface area contributed by atoms with Crippen molar-refractivity contribution in [3.8, 4) is 0 Å². The number of hydrogen-bond acceptors (Lipinski definition) is 3. The molecule has 1 aliphatic heterocycles. The van der Waals surface area contributed by atoms with Crippen LogP contribution in [0.3, 0.4) is 0 Å². The molecular formula is C19H18BrNO3. The van der Waals surface area contributed by atoms with Crippen LogP contribution in [0.4, 0.5) is 5.69 Å². The van der Waals surface area contributed by atoms with Gasteiger partial charge in [0.1, 0.15) is 0 Å². The molecular weight excluding hydrogens is 370 g/mol. The molecule has 2 aromatic carbocycles. The first-order valence-electron chi connectivity index (χ1n) is 7.79. The van der Waals surface area contributed by atoms with Gasteiger partial charge in [-0.15, -0.1) is 0 Å². The second-order valence-electron chi connectivity index (χ2n) is 6.25. The first kappa shape index (κ1) is 16.9. The molecule has 2 aromatic rings. The van der Waals surface area contributed by atoms with E-state index in [1.54, 1.807) is 47.4 Å². The van der Waals surface area contributed by atoms with E-state index in [-0.39, 0.29) is 18.2 Å². The van der Waals surface area contributed by atoms with Crippen molar-refractivity contribution >= 4 is 33.3 Å². The van der Waals surface area contributed by atoms with Gasteiger partial charge in [-0.1, -0.05) is 46.3 Å². The number of carbonyl (C=O) groups is 2. The first-order valence-corrected chi connectivity index (χ1v) is 8.58. The van der Waals surface area contributed by atoms with E-state index in [1.165, 1.54) is 0 Å². The van der Waals surface area contributed by atoms with Gasteiger partial charge in [-0.05, 0) is 32.0 Å². The molecule has 24 heavy (non-hydrogen) atoms. The molecule has 0 unspecified atom stereocenters. The van der Waals surface area contributed by atoms with Crippen LogP contribution in [0.25, 0.3) is 0 Å². The standard InChI is InChI=1S/C19H18BrNO3/c1-12(2)21-16-6-4-3-5-15(16)19(24,18(21)23)11-17(22)13-7-9-14(20)10-8-13/h3-10,12,24H,11H2,1-2H3/t19-/m0/s1. The maximum Gasteiger partial charge on any atom is 0.264 e. The second kappa shape index (κ2) is 6.15. The van der Waals surface area contributed by atoms with Gasteiger partial charge in [0.05, 0.1) is 12.1 Å². The lowest BCUT2D eigenvalue weighted by molar-refractivity contribution is -0.136. The number of hydrogen-bond donors (Lipinski definition) is 1. The molecule has 0 aliphatic carbocycles. The highest BCUT2D eigenvalue weighted by molar-refractivity contribution is 9.10. The number of nitrogens with zero attached hydrogens (tertiary/aromatic N) is 1. The van der Waals surface area contributed by atoms with Crippen molar-refractivity contribution < 1.29 is 14.7 Å². The van der Waals surface area contributed by atoms with Crippen molar-refractivity contribution in [1.82, 2.24) is 0 Å². The summed E-state index contributed by atoms with van der Waals surface area (Å²) in [4.78, 5) is 27.0. The van der Waals surface area contributed by atoms with E-state index in [9.17, 15) is 14.7 Å². The van der Waals surface area contributed by atoms with E-state index < -0.39 is 11.5 Å². The van der Waals surface area contributed by atoms with Crippen LogP contribution in [0.5, 0.6) is 0 Å². The summed E-state index contributed by atoms with van der Waals surface area (Å²) in [7, 11) is 0. The molecule has 0 saturated carbocycles. The minimum atomic E-state index is -1.81. The van der Waals surface area contributed by atoms with Gasteiger partial charge in [-0.25, -0.2) is 0 Å². The van der Waals surface area contributed by atoms with E-state index in [1.807, 2.05) is 19.9 Å². The molecule has 0 saturated heterocycles. The fourth-order valence-electron chi connectivity index (χ4n) is 3.11. The highest BCUT2D eigenvalue weighted by Crippen LogP contribution is 2.43. The van der Waals surface area contributed by atoms with Crippen molar-refractivity contribution in [3.05, 3.63) is 64.1 Å². The molecule has 124 valence electrons. The molecule has 1 aliphatic rings. The molecule has 1 N–H and O–H groups in total. The summed E-state index contributed by atoms with van der Waals surface area (Å²) >= 11 is 3.33. The number of ketones is 1. The Hall–Kier alpha value is -1.98. The first-order chi connectivity index (χ1) is 11.3. The number of aliphatic hydroxyl groups is 1. The van der Waals surface area contributed by atoms with Gasteiger partial charge < -0.3 is 10.0 Å². The molecule has 1 atom stereocenters. The van der Waals surface area contributed by atoms with E-state index in [2.05, 4.69) is 15.9 Å². The number of anilines is 1. The van der Waals surface area contributed by atoms with Crippen molar-refractivity contribution in [1.29, 1.82) is 0 Å². The Kier molecular flexibility index (Phi) is 4.32. The van der Waals surface area contributed by atoms with Crippen LogP contribution in [0, 0.1) is 0 Å². The van der Waals surface area contributed by atoms with Gasteiger partial charge in [-0.2, -0.15) is 0 Å². The van der Waals surface area contributed by atoms with Gasteiger partial charge >= 0.3 is 0 Å². The number of para-hydroxylation sites is 1. The van der Waals surface area contributed by atoms with Crippen LogP contribution in [0.15, 0.2) is 53.0 Å². The zero-order chi connectivity index (χ0) is 17.5. The quantitative estimate of drug-likeness (QED) is 0.814. The molecule has 0 bridgehead atoms. The normalized spacial score (nSPS) is 19.7. The van der Waals surface area contributed by atoms with E-state index in [0.717, 1.165) is 4.47 Å². The van der Waals surface area contributed by atoms with Crippen LogP contribution in [-0.4, -0.2) is 22.8 Å². The van der Waals surface area contributed by atoms with Crippen molar-refractivity contribution in [2.24, 2.45) is 0 Å². The van der Waals surface area contributed by atoms with Crippen LogP contribution >= 0.6 is 15.9 Å². The summed E-state index contributed by atoms with van der Waals surface area (Å²) in [5.41, 5.74) is -0.178. The van der Waals surface area contributed by atoms with Crippen LogP contribution in [-0.2, 0) is 10.4 Å². The Balaban J connectivity index is 1.98. The van der Waals surface area contributed by atoms with Gasteiger partial charge in [0.2, 0.25) is 0 Å². The molecule has 1 amide bonds. The van der Waals surface area contributed by atoms with E-state index in [0.29, 0.717) is 16.8 Å². The summed E-state index contributed by atoms with van der Waals surface area (Å²) in [6.07, 6.45) is -0.270. The van der Waals surface area contributed by atoms with Crippen molar-refractivity contribution in [2.45, 2.75) is 31.9 Å². The van der Waals surface area contributed by atoms with Crippen LogP contribution in [0.2, 0.25) is 0 Å². The van der Waals surface area contributed by atoms with Gasteiger partial charge in [0.15, 0.2) is 11.4 Å². The van der Waals surface area contributed by atoms with E-state index in [4.69, 9.17) is 0 Å². The predicted molar refractivity (Wildman–Crippen MR) is 96.1 cm³/mol. The van der Waals surface area contributed by atoms with E-state index >= 15 is 0 Å². The Bertz CT molecular complexity index is 801. The number of rotatable bonds is 4. The van der Waals surface area contributed by atoms with Crippen LogP contribution in [0.1, 0.15) is 36.2 Å². The summed E-state index contributed by atoms with van der Waals surface area (Å²) in [5.74, 6) is -0.706. The largest absolute Gasteiger partial charge is 0.375 e. The maximum atomic E-state index is 12.9. The topological polar surface area (TPSA) is 57.6 Å².